The number of carbonyl (C=O) groups is 1. The number of nitrogens with zero attached hydrogens (tertiary/aromatic N) is 2. The Balaban J connectivity index is 2.29. The van der Waals surface area contributed by atoms with Crippen LogP contribution in [0.4, 0.5) is 16.2 Å². The monoisotopic (exact) mass is 363 g/mol. The van der Waals surface area contributed by atoms with E-state index in [2.05, 4.69) is 5.32 Å². The van der Waals surface area contributed by atoms with Gasteiger partial charge >= 0.3 is 6.03 Å². The molecule has 1 aliphatic heterocycles. The van der Waals surface area contributed by atoms with Crippen LogP contribution in [0.15, 0.2) is 47.4 Å². The molecule has 1 fully saturated rings. The van der Waals surface area contributed by atoms with Gasteiger partial charge in [0.15, 0.2) is 0 Å². The van der Waals surface area contributed by atoms with Gasteiger partial charge in [-0.25, -0.2) is 4.79 Å². The molecule has 9 nitrogen and oxygen atoms in total. The Morgan fingerprint density at radius 2 is 1.88 bits per heavy atom. The highest BCUT2D eigenvalue weighted by molar-refractivity contribution is 7.85. The van der Waals surface area contributed by atoms with Crippen molar-refractivity contribution in [2.24, 2.45) is 0 Å². The minimum atomic E-state index is -4.51. The number of benzene rings is 2. The number of hydrogen-bond donors (Lipinski definition) is 2. The zero-order valence-electron chi connectivity index (χ0n) is 12.7. The molecule has 0 aromatic heterocycles. The van der Waals surface area contributed by atoms with Crippen molar-refractivity contribution >= 4 is 27.5 Å². The Bertz CT molecular complexity index is 973. The van der Waals surface area contributed by atoms with E-state index in [9.17, 15) is 27.9 Å². The Hall–Kier alpha value is -2.98. The summed E-state index contributed by atoms with van der Waals surface area (Å²) in [6.07, 6.45) is 0. The summed E-state index contributed by atoms with van der Waals surface area (Å²) >= 11 is 0. The third kappa shape index (κ3) is 3.16. The molecule has 0 saturated carbocycles. The molecule has 0 bridgehead atoms. The summed E-state index contributed by atoms with van der Waals surface area (Å²) in [6.45, 7) is 0.729. The number of para-hydroxylation sites is 1. The quantitative estimate of drug-likeness (QED) is 0.486. The molecule has 2 amide bonds. The first-order valence-corrected chi connectivity index (χ1v) is 8.64. The van der Waals surface area contributed by atoms with E-state index in [0.29, 0.717) is 18.8 Å². The lowest BCUT2D eigenvalue weighted by Gasteiger charge is -2.19. The van der Waals surface area contributed by atoms with E-state index in [1.807, 2.05) is 0 Å². The van der Waals surface area contributed by atoms with Crippen molar-refractivity contribution < 1.29 is 22.7 Å². The topological polar surface area (TPSA) is 130 Å². The van der Waals surface area contributed by atoms with Crippen molar-refractivity contribution in [3.8, 4) is 11.1 Å². The Morgan fingerprint density at radius 3 is 2.48 bits per heavy atom. The van der Waals surface area contributed by atoms with Crippen LogP contribution in [0.1, 0.15) is 0 Å². The van der Waals surface area contributed by atoms with E-state index in [4.69, 9.17) is 0 Å². The number of carbonyl (C=O) groups excluding carboxylic acids is 1. The molecule has 2 aromatic rings. The van der Waals surface area contributed by atoms with Gasteiger partial charge in [-0.2, -0.15) is 8.42 Å². The van der Waals surface area contributed by atoms with Crippen molar-refractivity contribution in [3.05, 3.63) is 52.6 Å². The molecule has 25 heavy (non-hydrogen) atoms. The van der Waals surface area contributed by atoms with Gasteiger partial charge < -0.3 is 5.32 Å². The largest absolute Gasteiger partial charge is 0.336 e. The summed E-state index contributed by atoms with van der Waals surface area (Å²) in [5.41, 5.74) is 0.389. The van der Waals surface area contributed by atoms with Gasteiger partial charge in [0.2, 0.25) is 0 Å². The smallest absolute Gasteiger partial charge is 0.322 e. The Labute approximate surface area is 142 Å². The SMILES string of the molecule is O=C1NCCN1c1ccc(S(=O)(=O)O)cc1-c1ccccc1[N+](=O)[O-]. The van der Waals surface area contributed by atoms with Crippen molar-refractivity contribution in [1.82, 2.24) is 5.32 Å². The van der Waals surface area contributed by atoms with Crippen LogP contribution in [0, 0.1) is 10.1 Å². The number of rotatable bonds is 4. The number of nitro groups is 1. The fourth-order valence-electron chi connectivity index (χ4n) is 2.69. The van der Waals surface area contributed by atoms with Gasteiger partial charge in [-0.15, -0.1) is 0 Å². The number of amides is 2. The van der Waals surface area contributed by atoms with Gasteiger partial charge in [0.05, 0.1) is 21.1 Å². The van der Waals surface area contributed by atoms with Gasteiger partial charge in [-0.05, 0) is 24.3 Å². The zero-order chi connectivity index (χ0) is 18.2. The van der Waals surface area contributed by atoms with Crippen LogP contribution >= 0.6 is 0 Å². The van der Waals surface area contributed by atoms with Crippen LogP contribution in [-0.2, 0) is 10.1 Å². The van der Waals surface area contributed by atoms with Crippen molar-refractivity contribution in [1.29, 1.82) is 0 Å². The van der Waals surface area contributed by atoms with E-state index in [1.165, 1.54) is 29.2 Å². The highest BCUT2D eigenvalue weighted by Crippen LogP contribution is 2.38. The molecule has 3 rings (SSSR count). The summed E-state index contributed by atoms with van der Waals surface area (Å²) in [6, 6.07) is 9.02. The molecular formula is C15H13N3O6S. The summed E-state index contributed by atoms with van der Waals surface area (Å²) in [5, 5.41) is 13.9. The molecule has 2 aromatic carbocycles. The van der Waals surface area contributed by atoms with Crippen LogP contribution in [0.2, 0.25) is 0 Å². The number of nitro benzene ring substituents is 1. The van der Waals surface area contributed by atoms with E-state index in [-0.39, 0.29) is 22.8 Å². The molecule has 10 heteroatoms. The number of urea groups is 1. The van der Waals surface area contributed by atoms with E-state index >= 15 is 0 Å². The van der Waals surface area contributed by atoms with E-state index < -0.39 is 19.9 Å². The predicted octanol–water partition coefficient (Wildman–Crippen LogP) is 2.04. The number of nitrogens with one attached hydrogen (secondary N) is 1. The lowest BCUT2D eigenvalue weighted by molar-refractivity contribution is -0.384. The summed E-state index contributed by atoms with van der Waals surface area (Å²) in [7, 11) is -4.51. The van der Waals surface area contributed by atoms with Crippen LogP contribution in [0.3, 0.4) is 0 Å². The molecule has 0 atom stereocenters. The third-order valence-electron chi connectivity index (χ3n) is 3.80. The first-order valence-electron chi connectivity index (χ1n) is 7.20. The van der Waals surface area contributed by atoms with Crippen LogP contribution < -0.4 is 10.2 Å². The van der Waals surface area contributed by atoms with Gasteiger partial charge in [0, 0.05) is 24.7 Å². The normalized spacial score (nSPS) is 14.4. The lowest BCUT2D eigenvalue weighted by Crippen LogP contribution is -2.28. The molecule has 130 valence electrons. The average molecular weight is 363 g/mol. The molecule has 0 spiro atoms. The Kier molecular flexibility index (Phi) is 4.15. The highest BCUT2D eigenvalue weighted by atomic mass is 32.2. The van der Waals surface area contributed by atoms with Crippen LogP contribution in [-0.4, -0.2) is 37.0 Å². The molecule has 1 aliphatic rings. The highest BCUT2D eigenvalue weighted by Gasteiger charge is 2.27. The number of anilines is 1. The van der Waals surface area contributed by atoms with Crippen molar-refractivity contribution in [3.63, 3.8) is 0 Å². The van der Waals surface area contributed by atoms with Crippen molar-refractivity contribution in [2.45, 2.75) is 4.90 Å². The molecule has 0 aliphatic carbocycles. The maximum absolute atomic E-state index is 12.0. The molecular weight excluding hydrogens is 350 g/mol. The first-order chi connectivity index (χ1) is 11.8. The lowest BCUT2D eigenvalue weighted by atomic mass is 10.0. The van der Waals surface area contributed by atoms with Crippen molar-refractivity contribution in [2.75, 3.05) is 18.0 Å². The van der Waals surface area contributed by atoms with E-state index in [1.54, 1.807) is 6.07 Å². The fourth-order valence-corrected chi connectivity index (χ4v) is 3.20. The van der Waals surface area contributed by atoms with Gasteiger partial charge in [0.25, 0.3) is 15.8 Å². The first kappa shape index (κ1) is 16.9. The van der Waals surface area contributed by atoms with Crippen LogP contribution in [0.25, 0.3) is 11.1 Å². The maximum Gasteiger partial charge on any atom is 0.322 e. The molecule has 0 radical (unpaired) electrons. The molecule has 0 unspecified atom stereocenters. The van der Waals surface area contributed by atoms with Gasteiger partial charge in [0.1, 0.15) is 0 Å². The minimum Gasteiger partial charge on any atom is -0.336 e. The standard InChI is InChI=1S/C15H13N3O6S/c19-15-16-7-8-17(15)13-6-5-10(25(22,23)24)9-12(13)11-3-1-2-4-14(11)18(20)21/h1-6,9H,7-8H2,(H,16,19)(H,22,23,24). The number of hydrogen-bond acceptors (Lipinski definition) is 5. The average Bonchev–Trinajstić information content (AvgIpc) is 2.99. The summed E-state index contributed by atoms with van der Waals surface area (Å²) < 4.78 is 32.2. The second-order valence-corrected chi connectivity index (χ2v) is 6.73. The third-order valence-corrected chi connectivity index (χ3v) is 4.65. The maximum atomic E-state index is 12.0. The predicted molar refractivity (Wildman–Crippen MR) is 89.1 cm³/mol. The van der Waals surface area contributed by atoms with Gasteiger partial charge in [-0.3, -0.25) is 19.6 Å². The zero-order valence-corrected chi connectivity index (χ0v) is 13.6. The van der Waals surface area contributed by atoms with Crippen LogP contribution in [0.5, 0.6) is 0 Å². The summed E-state index contributed by atoms with van der Waals surface area (Å²) in [5.74, 6) is 0. The fraction of sp³-hybridized carbons (Fsp3) is 0.133. The molecule has 1 heterocycles. The summed E-state index contributed by atoms with van der Waals surface area (Å²) in [4.78, 5) is 23.6. The Morgan fingerprint density at radius 1 is 1.16 bits per heavy atom. The second-order valence-electron chi connectivity index (χ2n) is 5.31. The minimum absolute atomic E-state index is 0.146. The molecule has 1 saturated heterocycles. The van der Waals surface area contributed by atoms with E-state index in [0.717, 1.165) is 12.1 Å². The second kappa shape index (κ2) is 6.15. The molecule has 2 N–H and O–H groups in total. The van der Waals surface area contributed by atoms with Gasteiger partial charge in [-0.1, -0.05) is 12.1 Å².